The third kappa shape index (κ3) is 4.44. The fourth-order valence-corrected chi connectivity index (χ4v) is 3.43. The highest BCUT2D eigenvalue weighted by molar-refractivity contribution is 6.30. The molecule has 2 amide bonds. The number of halogens is 1. The van der Waals surface area contributed by atoms with E-state index in [1.807, 2.05) is 37.3 Å². The maximum atomic E-state index is 12.7. The van der Waals surface area contributed by atoms with Crippen molar-refractivity contribution in [1.82, 2.24) is 10.2 Å². The molecular formula is C21H23ClN2O2. The Balaban J connectivity index is 1.61. The average Bonchev–Trinajstić information content (AvgIpc) is 2.68. The first-order valence-corrected chi connectivity index (χ1v) is 9.32. The van der Waals surface area contributed by atoms with Crippen molar-refractivity contribution in [1.29, 1.82) is 0 Å². The van der Waals surface area contributed by atoms with Crippen LogP contribution < -0.4 is 5.32 Å². The molecule has 1 N–H and O–H groups in total. The number of likely N-dealkylation sites (tertiary alicyclic amines) is 1. The van der Waals surface area contributed by atoms with Gasteiger partial charge in [0.05, 0.1) is 12.0 Å². The number of nitrogens with zero attached hydrogens (tertiary/aromatic N) is 1. The molecule has 0 radical (unpaired) electrons. The van der Waals surface area contributed by atoms with Crippen molar-refractivity contribution in [3.05, 3.63) is 70.7 Å². The van der Waals surface area contributed by atoms with Crippen LogP contribution >= 0.6 is 11.6 Å². The highest BCUT2D eigenvalue weighted by atomic mass is 35.5. The number of carbonyl (C=O) groups excluding carboxylic acids is 2. The van der Waals surface area contributed by atoms with Gasteiger partial charge in [-0.2, -0.15) is 0 Å². The fourth-order valence-electron chi connectivity index (χ4n) is 3.31. The lowest BCUT2D eigenvalue weighted by molar-refractivity contribution is -0.127. The number of rotatable bonds is 4. The first-order chi connectivity index (χ1) is 12.5. The number of benzene rings is 2. The first kappa shape index (κ1) is 18.5. The van der Waals surface area contributed by atoms with Gasteiger partial charge in [-0.25, -0.2) is 0 Å². The van der Waals surface area contributed by atoms with Crippen molar-refractivity contribution < 1.29 is 9.59 Å². The highest BCUT2D eigenvalue weighted by Gasteiger charge is 2.29. The van der Waals surface area contributed by atoms with E-state index < -0.39 is 0 Å². The summed E-state index contributed by atoms with van der Waals surface area (Å²) in [6.07, 6.45) is 1.63. The molecule has 5 heteroatoms. The predicted octanol–water partition coefficient (Wildman–Crippen LogP) is 4.07. The van der Waals surface area contributed by atoms with Crippen LogP contribution in [0.5, 0.6) is 0 Å². The minimum atomic E-state index is -0.175. The lowest BCUT2D eigenvalue weighted by Gasteiger charge is -2.32. The summed E-state index contributed by atoms with van der Waals surface area (Å²) < 4.78 is 0. The monoisotopic (exact) mass is 370 g/mol. The molecule has 2 aromatic rings. The predicted molar refractivity (Wildman–Crippen MR) is 103 cm³/mol. The van der Waals surface area contributed by atoms with E-state index in [-0.39, 0.29) is 23.8 Å². The van der Waals surface area contributed by atoms with Crippen LogP contribution in [0.2, 0.25) is 5.02 Å². The largest absolute Gasteiger partial charge is 0.349 e. The first-order valence-electron chi connectivity index (χ1n) is 8.95. The Morgan fingerprint density at radius 1 is 1.12 bits per heavy atom. The molecule has 0 aromatic heterocycles. The lowest BCUT2D eigenvalue weighted by Crippen LogP contribution is -2.45. The second kappa shape index (κ2) is 8.37. The van der Waals surface area contributed by atoms with E-state index in [4.69, 9.17) is 11.6 Å². The molecule has 26 heavy (non-hydrogen) atoms. The summed E-state index contributed by atoms with van der Waals surface area (Å²) in [6, 6.07) is 16.7. The van der Waals surface area contributed by atoms with E-state index >= 15 is 0 Å². The Kier molecular flexibility index (Phi) is 5.94. The van der Waals surface area contributed by atoms with Crippen molar-refractivity contribution in [2.75, 3.05) is 13.1 Å². The second-order valence-electron chi connectivity index (χ2n) is 6.74. The summed E-state index contributed by atoms with van der Waals surface area (Å²) in [7, 11) is 0. The Morgan fingerprint density at radius 2 is 1.81 bits per heavy atom. The molecule has 1 aliphatic heterocycles. The fraction of sp³-hybridized carbons (Fsp3) is 0.333. The molecule has 2 aromatic carbocycles. The molecule has 0 aliphatic carbocycles. The maximum Gasteiger partial charge on any atom is 0.253 e. The molecule has 0 spiro atoms. The van der Waals surface area contributed by atoms with Crippen LogP contribution in [0.4, 0.5) is 0 Å². The van der Waals surface area contributed by atoms with Gasteiger partial charge >= 0.3 is 0 Å². The Bertz CT molecular complexity index is 761. The molecule has 0 bridgehead atoms. The quantitative estimate of drug-likeness (QED) is 0.881. The summed E-state index contributed by atoms with van der Waals surface area (Å²) in [5.74, 6) is -0.212. The van der Waals surface area contributed by atoms with Crippen LogP contribution in [-0.4, -0.2) is 29.8 Å². The molecule has 0 saturated carbocycles. The molecule has 1 heterocycles. The van der Waals surface area contributed by atoms with Crippen LogP contribution in [-0.2, 0) is 4.79 Å². The standard InChI is InChI=1S/C21H23ClN2O2/c1-15(16-6-3-2-4-7-16)23-20(25)18-8-5-13-24(14-18)21(26)17-9-11-19(22)12-10-17/h2-4,6-7,9-12,15,18H,5,8,13-14H2,1H3,(H,23,25). The van der Waals surface area contributed by atoms with Crippen LogP contribution in [0.1, 0.15) is 41.7 Å². The van der Waals surface area contributed by atoms with E-state index in [1.165, 1.54) is 0 Å². The molecule has 136 valence electrons. The van der Waals surface area contributed by atoms with Gasteiger partial charge in [0, 0.05) is 23.7 Å². The van der Waals surface area contributed by atoms with E-state index in [0.717, 1.165) is 18.4 Å². The van der Waals surface area contributed by atoms with Crippen molar-refractivity contribution in [2.24, 2.45) is 5.92 Å². The number of piperidine rings is 1. The summed E-state index contributed by atoms with van der Waals surface area (Å²) >= 11 is 5.89. The van der Waals surface area contributed by atoms with Gasteiger partial charge < -0.3 is 10.2 Å². The van der Waals surface area contributed by atoms with E-state index in [9.17, 15) is 9.59 Å². The Hall–Kier alpha value is -2.33. The summed E-state index contributed by atoms with van der Waals surface area (Å²) in [6.45, 7) is 3.11. The van der Waals surface area contributed by atoms with Crippen LogP contribution in [0.15, 0.2) is 54.6 Å². The summed E-state index contributed by atoms with van der Waals surface area (Å²) in [4.78, 5) is 27.1. The number of nitrogens with one attached hydrogen (secondary N) is 1. The normalized spacial score (nSPS) is 18.2. The zero-order valence-electron chi connectivity index (χ0n) is 14.8. The number of amides is 2. The molecule has 1 fully saturated rings. The number of hydrogen-bond donors (Lipinski definition) is 1. The van der Waals surface area contributed by atoms with Crippen molar-refractivity contribution >= 4 is 23.4 Å². The lowest BCUT2D eigenvalue weighted by atomic mass is 9.95. The Morgan fingerprint density at radius 3 is 2.50 bits per heavy atom. The van der Waals surface area contributed by atoms with Crippen molar-refractivity contribution in [3.63, 3.8) is 0 Å². The van der Waals surface area contributed by atoms with Gasteiger partial charge in [0.15, 0.2) is 0 Å². The van der Waals surface area contributed by atoms with E-state index in [0.29, 0.717) is 23.7 Å². The Labute approximate surface area is 159 Å². The van der Waals surface area contributed by atoms with Gasteiger partial charge in [0.25, 0.3) is 5.91 Å². The van der Waals surface area contributed by atoms with Gasteiger partial charge in [-0.1, -0.05) is 41.9 Å². The minimum Gasteiger partial charge on any atom is -0.349 e. The third-order valence-corrected chi connectivity index (χ3v) is 5.08. The van der Waals surface area contributed by atoms with Crippen LogP contribution in [0.3, 0.4) is 0 Å². The molecule has 1 aliphatic rings. The van der Waals surface area contributed by atoms with E-state index in [2.05, 4.69) is 5.32 Å². The molecule has 1 saturated heterocycles. The molecule has 2 atom stereocenters. The molecule has 4 nitrogen and oxygen atoms in total. The zero-order chi connectivity index (χ0) is 18.5. The zero-order valence-corrected chi connectivity index (χ0v) is 15.6. The van der Waals surface area contributed by atoms with Gasteiger partial charge in [0.1, 0.15) is 0 Å². The van der Waals surface area contributed by atoms with Gasteiger partial charge in [-0.15, -0.1) is 0 Å². The number of hydrogen-bond acceptors (Lipinski definition) is 2. The summed E-state index contributed by atoms with van der Waals surface area (Å²) in [5, 5.41) is 3.68. The minimum absolute atomic E-state index is 0.00922. The van der Waals surface area contributed by atoms with E-state index in [1.54, 1.807) is 29.2 Å². The topological polar surface area (TPSA) is 49.4 Å². The smallest absolute Gasteiger partial charge is 0.253 e. The van der Waals surface area contributed by atoms with Crippen molar-refractivity contribution in [3.8, 4) is 0 Å². The van der Waals surface area contributed by atoms with Gasteiger partial charge in [-0.05, 0) is 49.6 Å². The second-order valence-corrected chi connectivity index (χ2v) is 7.17. The van der Waals surface area contributed by atoms with Crippen molar-refractivity contribution in [2.45, 2.75) is 25.8 Å². The summed E-state index contributed by atoms with van der Waals surface area (Å²) in [5.41, 5.74) is 1.68. The van der Waals surface area contributed by atoms with Crippen LogP contribution in [0.25, 0.3) is 0 Å². The molecular weight excluding hydrogens is 348 g/mol. The van der Waals surface area contributed by atoms with Crippen LogP contribution in [0, 0.1) is 5.92 Å². The SMILES string of the molecule is CC(NC(=O)C1CCCN(C(=O)c2ccc(Cl)cc2)C1)c1ccccc1. The maximum absolute atomic E-state index is 12.7. The average molecular weight is 371 g/mol. The molecule has 3 rings (SSSR count). The number of carbonyl (C=O) groups is 2. The van der Waals surface area contributed by atoms with Gasteiger partial charge in [-0.3, -0.25) is 9.59 Å². The third-order valence-electron chi connectivity index (χ3n) is 4.83. The van der Waals surface area contributed by atoms with Gasteiger partial charge in [0.2, 0.25) is 5.91 Å². The molecule has 2 unspecified atom stereocenters. The highest BCUT2D eigenvalue weighted by Crippen LogP contribution is 2.21.